The lowest BCUT2D eigenvalue weighted by Gasteiger charge is -2.18. The molecule has 0 fully saturated rings. The fourth-order valence-corrected chi connectivity index (χ4v) is 2.00. The van der Waals surface area contributed by atoms with Crippen molar-refractivity contribution in [2.24, 2.45) is 5.92 Å². The van der Waals surface area contributed by atoms with Crippen molar-refractivity contribution in [1.29, 1.82) is 0 Å². The van der Waals surface area contributed by atoms with Gasteiger partial charge in [-0.05, 0) is 43.5 Å². The Balaban J connectivity index is 2.54. The second-order valence-corrected chi connectivity index (χ2v) is 5.64. The van der Waals surface area contributed by atoms with E-state index in [9.17, 15) is 14.4 Å². The van der Waals surface area contributed by atoms with Crippen LogP contribution < -0.4 is 10.1 Å². The second kappa shape index (κ2) is 8.92. The molecule has 0 unspecified atom stereocenters. The summed E-state index contributed by atoms with van der Waals surface area (Å²) in [6.07, 6.45) is 0.492. The van der Waals surface area contributed by atoms with Gasteiger partial charge in [-0.15, -0.1) is 0 Å². The van der Waals surface area contributed by atoms with Gasteiger partial charge < -0.3 is 14.8 Å². The van der Waals surface area contributed by atoms with Crippen LogP contribution in [0.4, 0.5) is 0 Å². The number of ketones is 1. The Hall–Kier alpha value is -2.37. The van der Waals surface area contributed by atoms with Crippen LogP contribution in [-0.2, 0) is 14.3 Å². The molecule has 0 saturated carbocycles. The van der Waals surface area contributed by atoms with Gasteiger partial charge in [-0.1, -0.05) is 13.8 Å². The fraction of sp³-hybridized carbons (Fsp3) is 0.471. The maximum atomic E-state index is 11.9. The number of carbonyl (C=O) groups excluding carboxylic acids is 3. The summed E-state index contributed by atoms with van der Waals surface area (Å²) in [5, 5.41) is 2.61. The van der Waals surface area contributed by atoms with Gasteiger partial charge >= 0.3 is 5.97 Å². The molecule has 0 aliphatic rings. The molecule has 1 amide bonds. The van der Waals surface area contributed by atoms with E-state index in [4.69, 9.17) is 4.74 Å². The first kappa shape index (κ1) is 18.7. The van der Waals surface area contributed by atoms with Gasteiger partial charge in [0.15, 0.2) is 12.4 Å². The van der Waals surface area contributed by atoms with E-state index in [-0.39, 0.29) is 18.3 Å². The lowest BCUT2D eigenvalue weighted by Crippen LogP contribution is -2.44. The molecule has 6 heteroatoms. The number of hydrogen-bond donors (Lipinski definition) is 1. The van der Waals surface area contributed by atoms with Gasteiger partial charge in [0.1, 0.15) is 11.8 Å². The summed E-state index contributed by atoms with van der Waals surface area (Å²) in [6.45, 7) is 5.17. The summed E-state index contributed by atoms with van der Waals surface area (Å²) in [6, 6.07) is 5.82. The molecule has 0 heterocycles. The molecule has 0 spiro atoms. The summed E-state index contributed by atoms with van der Waals surface area (Å²) >= 11 is 0. The molecule has 1 aromatic rings. The molecule has 0 aliphatic carbocycles. The molecule has 1 atom stereocenters. The molecule has 6 nitrogen and oxygen atoms in total. The van der Waals surface area contributed by atoms with Gasteiger partial charge in [-0.3, -0.25) is 9.59 Å². The third kappa shape index (κ3) is 6.50. The smallest absolute Gasteiger partial charge is 0.328 e. The number of rotatable bonds is 8. The number of ether oxygens (including phenoxy) is 2. The molecular weight excluding hydrogens is 298 g/mol. The summed E-state index contributed by atoms with van der Waals surface area (Å²) in [7, 11) is 1.29. The van der Waals surface area contributed by atoms with Crippen molar-refractivity contribution in [3.63, 3.8) is 0 Å². The van der Waals surface area contributed by atoms with Crippen LogP contribution in [0.3, 0.4) is 0 Å². The van der Waals surface area contributed by atoms with Crippen molar-refractivity contribution in [2.75, 3.05) is 13.7 Å². The van der Waals surface area contributed by atoms with E-state index in [2.05, 4.69) is 10.1 Å². The molecule has 1 aromatic carbocycles. The van der Waals surface area contributed by atoms with Gasteiger partial charge in [0.05, 0.1) is 7.11 Å². The predicted molar refractivity (Wildman–Crippen MR) is 85.3 cm³/mol. The molecule has 126 valence electrons. The Morgan fingerprint density at radius 3 is 2.22 bits per heavy atom. The van der Waals surface area contributed by atoms with Gasteiger partial charge in [-0.25, -0.2) is 4.79 Å². The fourth-order valence-electron chi connectivity index (χ4n) is 2.00. The van der Waals surface area contributed by atoms with E-state index < -0.39 is 17.9 Å². The van der Waals surface area contributed by atoms with Crippen molar-refractivity contribution in [1.82, 2.24) is 5.32 Å². The van der Waals surface area contributed by atoms with Gasteiger partial charge in [0.25, 0.3) is 5.91 Å². The van der Waals surface area contributed by atoms with Crippen molar-refractivity contribution in [3.05, 3.63) is 29.8 Å². The van der Waals surface area contributed by atoms with Crippen molar-refractivity contribution in [2.45, 2.75) is 33.2 Å². The van der Waals surface area contributed by atoms with E-state index in [0.717, 1.165) is 0 Å². The number of esters is 1. The maximum Gasteiger partial charge on any atom is 0.328 e. The van der Waals surface area contributed by atoms with Gasteiger partial charge in [0.2, 0.25) is 0 Å². The molecular formula is C17H23NO5. The number of benzene rings is 1. The van der Waals surface area contributed by atoms with E-state index >= 15 is 0 Å². The van der Waals surface area contributed by atoms with Crippen molar-refractivity contribution >= 4 is 17.7 Å². The standard InChI is InChI=1S/C17H23NO5/c1-11(2)9-15(17(21)22-4)18-16(20)10-23-14-7-5-13(6-8-14)12(3)19/h5-8,11,15H,9-10H2,1-4H3,(H,18,20)/t15-/m1/s1. The predicted octanol–water partition coefficient (Wildman–Crippen LogP) is 1.97. The molecule has 0 bridgehead atoms. The van der Waals surface area contributed by atoms with E-state index in [1.54, 1.807) is 24.3 Å². The Morgan fingerprint density at radius 1 is 1.13 bits per heavy atom. The highest BCUT2D eigenvalue weighted by molar-refractivity contribution is 5.94. The molecule has 0 aliphatic heterocycles. The Labute approximate surface area is 136 Å². The second-order valence-electron chi connectivity index (χ2n) is 5.64. The normalized spacial score (nSPS) is 11.7. The molecule has 0 aromatic heterocycles. The number of hydrogen-bond acceptors (Lipinski definition) is 5. The Morgan fingerprint density at radius 2 is 1.74 bits per heavy atom. The van der Waals surface area contributed by atoms with Crippen LogP contribution >= 0.6 is 0 Å². The minimum absolute atomic E-state index is 0.0381. The molecule has 0 radical (unpaired) electrons. The minimum atomic E-state index is -0.684. The van der Waals surface area contributed by atoms with E-state index in [1.807, 2.05) is 13.8 Å². The minimum Gasteiger partial charge on any atom is -0.484 e. The van der Waals surface area contributed by atoms with Crippen LogP contribution in [0.1, 0.15) is 37.6 Å². The highest BCUT2D eigenvalue weighted by Crippen LogP contribution is 2.12. The third-order valence-corrected chi connectivity index (χ3v) is 3.16. The molecule has 1 N–H and O–H groups in total. The lowest BCUT2D eigenvalue weighted by molar-refractivity contribution is -0.145. The lowest BCUT2D eigenvalue weighted by atomic mass is 10.0. The van der Waals surface area contributed by atoms with Crippen molar-refractivity contribution < 1.29 is 23.9 Å². The third-order valence-electron chi connectivity index (χ3n) is 3.16. The largest absolute Gasteiger partial charge is 0.484 e. The first-order chi connectivity index (χ1) is 10.8. The topological polar surface area (TPSA) is 81.7 Å². The summed E-state index contributed by atoms with van der Waals surface area (Å²) < 4.78 is 10.0. The zero-order valence-corrected chi connectivity index (χ0v) is 13.9. The number of methoxy groups -OCH3 is 1. The zero-order valence-electron chi connectivity index (χ0n) is 13.9. The summed E-state index contributed by atoms with van der Waals surface area (Å²) in [4.78, 5) is 34.7. The highest BCUT2D eigenvalue weighted by Gasteiger charge is 2.22. The van der Waals surface area contributed by atoms with Crippen LogP contribution in [0.2, 0.25) is 0 Å². The Bertz CT molecular complexity index is 551. The molecule has 1 rings (SSSR count). The zero-order chi connectivity index (χ0) is 17.4. The average molecular weight is 321 g/mol. The monoisotopic (exact) mass is 321 g/mol. The quantitative estimate of drug-likeness (QED) is 0.585. The number of carbonyl (C=O) groups is 3. The highest BCUT2D eigenvalue weighted by atomic mass is 16.5. The van der Waals surface area contributed by atoms with Crippen LogP contribution in [0.15, 0.2) is 24.3 Å². The van der Waals surface area contributed by atoms with Crippen LogP contribution in [0, 0.1) is 5.92 Å². The molecule has 0 saturated heterocycles. The SMILES string of the molecule is COC(=O)[C@@H](CC(C)C)NC(=O)COc1ccc(C(C)=O)cc1. The number of Topliss-reactive ketones (excluding diaryl/α,β-unsaturated/α-hetero) is 1. The number of nitrogens with one attached hydrogen (secondary N) is 1. The van der Waals surface area contributed by atoms with Gasteiger partial charge in [0, 0.05) is 5.56 Å². The molecule has 23 heavy (non-hydrogen) atoms. The average Bonchev–Trinajstić information content (AvgIpc) is 2.51. The maximum absolute atomic E-state index is 11.9. The van der Waals surface area contributed by atoms with E-state index in [0.29, 0.717) is 17.7 Å². The van der Waals surface area contributed by atoms with Crippen LogP contribution in [-0.4, -0.2) is 37.4 Å². The van der Waals surface area contributed by atoms with Crippen molar-refractivity contribution in [3.8, 4) is 5.75 Å². The number of amides is 1. The van der Waals surface area contributed by atoms with Gasteiger partial charge in [-0.2, -0.15) is 0 Å². The van der Waals surface area contributed by atoms with Crippen LogP contribution in [0.5, 0.6) is 5.75 Å². The Kier molecular flexibility index (Phi) is 7.25. The summed E-state index contributed by atoms with van der Waals surface area (Å²) in [5.41, 5.74) is 0.574. The van der Waals surface area contributed by atoms with E-state index in [1.165, 1.54) is 14.0 Å². The summed E-state index contributed by atoms with van der Waals surface area (Å²) in [5.74, 6) is -0.207. The first-order valence-corrected chi connectivity index (χ1v) is 7.44. The van der Waals surface area contributed by atoms with Crippen LogP contribution in [0.25, 0.3) is 0 Å². The first-order valence-electron chi connectivity index (χ1n) is 7.44.